The average Bonchev–Trinajstić information content (AvgIpc) is 3.27. The molecule has 9 nitrogen and oxygen atoms in total. The molecule has 0 radical (unpaired) electrons. The normalized spacial score (nSPS) is 12.9. The second-order valence-electron chi connectivity index (χ2n) is 9.40. The first-order chi connectivity index (χ1) is 18.1. The molecule has 1 aliphatic rings. The minimum Gasteiger partial charge on any atom is -0.337 e. The number of thiophene rings is 1. The van der Waals surface area contributed by atoms with Crippen LogP contribution in [0.3, 0.4) is 0 Å². The zero-order valence-electron chi connectivity index (χ0n) is 21.2. The highest BCUT2D eigenvalue weighted by molar-refractivity contribution is 7.18. The summed E-state index contributed by atoms with van der Waals surface area (Å²) in [4.78, 5) is 67.6. The molecule has 5 rings (SSSR count). The first-order valence-electron chi connectivity index (χ1n) is 12.2. The van der Waals surface area contributed by atoms with Crippen molar-refractivity contribution in [2.45, 2.75) is 40.3 Å². The van der Waals surface area contributed by atoms with Crippen LogP contribution in [0.2, 0.25) is 0 Å². The number of benzene rings is 2. The van der Waals surface area contributed by atoms with Crippen LogP contribution in [0.5, 0.6) is 0 Å². The van der Waals surface area contributed by atoms with Gasteiger partial charge in [0, 0.05) is 29.6 Å². The predicted octanol–water partition coefficient (Wildman–Crippen LogP) is 3.27. The van der Waals surface area contributed by atoms with Gasteiger partial charge >= 0.3 is 5.69 Å². The zero-order valence-corrected chi connectivity index (χ0v) is 22.1. The minimum atomic E-state index is -0.677. The Bertz CT molecular complexity index is 1730. The summed E-state index contributed by atoms with van der Waals surface area (Å²) in [6.45, 7) is 5.34. The summed E-state index contributed by atoms with van der Waals surface area (Å²) in [5, 5.41) is 3.18. The van der Waals surface area contributed by atoms with Gasteiger partial charge in [-0.05, 0) is 50.1 Å². The van der Waals surface area contributed by atoms with Gasteiger partial charge in [0.15, 0.2) is 5.78 Å². The Kier molecular flexibility index (Phi) is 6.58. The fraction of sp³-hybridized carbons (Fsp3) is 0.250. The van der Waals surface area contributed by atoms with E-state index in [2.05, 4.69) is 5.32 Å². The third kappa shape index (κ3) is 4.58. The van der Waals surface area contributed by atoms with Crippen LogP contribution >= 0.6 is 11.3 Å². The van der Waals surface area contributed by atoms with Crippen LogP contribution in [-0.4, -0.2) is 38.2 Å². The first-order valence-corrected chi connectivity index (χ1v) is 13.0. The summed E-state index contributed by atoms with van der Waals surface area (Å²) in [7, 11) is 0. The lowest BCUT2D eigenvalue weighted by Gasteiger charge is -2.25. The number of hydrogen-bond donors (Lipinski definition) is 1. The molecule has 0 atom stereocenters. The van der Waals surface area contributed by atoms with Gasteiger partial charge in [0.05, 0.1) is 17.6 Å². The smallest absolute Gasteiger partial charge is 0.337 e. The Morgan fingerprint density at radius 2 is 1.76 bits per heavy atom. The van der Waals surface area contributed by atoms with Crippen molar-refractivity contribution in [1.29, 1.82) is 0 Å². The van der Waals surface area contributed by atoms with Gasteiger partial charge in [0.1, 0.15) is 11.4 Å². The van der Waals surface area contributed by atoms with Crippen molar-refractivity contribution in [3.63, 3.8) is 0 Å². The molecule has 0 unspecified atom stereocenters. The highest BCUT2D eigenvalue weighted by Crippen LogP contribution is 2.33. The van der Waals surface area contributed by atoms with Gasteiger partial charge in [0.2, 0.25) is 11.8 Å². The number of rotatable bonds is 5. The fourth-order valence-corrected chi connectivity index (χ4v) is 6.03. The van der Waals surface area contributed by atoms with Crippen LogP contribution in [0.15, 0.2) is 58.1 Å². The molecule has 2 amide bonds. The van der Waals surface area contributed by atoms with Crippen LogP contribution in [0.25, 0.3) is 15.9 Å². The van der Waals surface area contributed by atoms with E-state index in [1.165, 1.54) is 35.8 Å². The van der Waals surface area contributed by atoms with E-state index in [1.54, 1.807) is 35.2 Å². The van der Waals surface area contributed by atoms with Gasteiger partial charge in [-0.3, -0.25) is 23.7 Å². The van der Waals surface area contributed by atoms with Crippen LogP contribution < -0.4 is 16.6 Å². The second-order valence-corrected chi connectivity index (χ2v) is 10.5. The van der Waals surface area contributed by atoms with Gasteiger partial charge in [-0.2, -0.15) is 0 Å². The lowest BCUT2D eigenvalue weighted by Crippen LogP contribution is -2.41. The number of carbonyl (C=O) groups excluding carboxylic acids is 3. The summed E-state index contributed by atoms with van der Waals surface area (Å²) >= 11 is 1.26. The molecule has 0 fully saturated rings. The van der Waals surface area contributed by atoms with Crippen molar-refractivity contribution in [3.8, 4) is 5.69 Å². The molecule has 38 heavy (non-hydrogen) atoms. The molecular formula is C28H26N4O5S. The quantitative estimate of drug-likeness (QED) is 0.398. The van der Waals surface area contributed by atoms with Gasteiger partial charge < -0.3 is 10.2 Å². The number of nitrogens with zero attached hydrogens (tertiary/aromatic N) is 3. The van der Waals surface area contributed by atoms with Gasteiger partial charge in [0.25, 0.3) is 5.56 Å². The van der Waals surface area contributed by atoms with Crippen LogP contribution in [0, 0.1) is 6.92 Å². The first kappa shape index (κ1) is 25.3. The maximum absolute atomic E-state index is 13.8. The largest absolute Gasteiger partial charge is 0.337 e. The number of fused-ring (bicyclic) bond motifs is 3. The molecule has 3 heterocycles. The number of amides is 2. The number of Topliss-reactive ketones (excluding diaryl/α,β-unsaturated/α-hetero) is 1. The van der Waals surface area contributed by atoms with Gasteiger partial charge in [-0.25, -0.2) is 9.36 Å². The Morgan fingerprint density at radius 1 is 1.03 bits per heavy atom. The molecule has 2 aromatic carbocycles. The van der Waals surface area contributed by atoms with Crippen molar-refractivity contribution in [1.82, 2.24) is 14.0 Å². The van der Waals surface area contributed by atoms with Crippen molar-refractivity contribution in [2.75, 3.05) is 11.9 Å². The maximum Gasteiger partial charge on any atom is 0.337 e. The van der Waals surface area contributed by atoms with Crippen LogP contribution in [-0.2, 0) is 29.1 Å². The summed E-state index contributed by atoms with van der Waals surface area (Å²) < 4.78 is 2.33. The molecule has 10 heteroatoms. The third-order valence-electron chi connectivity index (χ3n) is 6.72. The fourth-order valence-electron chi connectivity index (χ4n) is 4.69. The van der Waals surface area contributed by atoms with E-state index >= 15 is 0 Å². The number of ketones is 1. The molecule has 4 aromatic rings. The number of anilines is 1. The number of aryl methyl sites for hydroxylation is 1. The predicted molar refractivity (Wildman–Crippen MR) is 146 cm³/mol. The standard InChI is InChI=1S/C28H26N4O5S/c1-16-7-9-20(10-8-16)29-24(35)15-31-27-25(22-11-12-30(18(3)34)14-23(22)38-27)26(36)32(28(31)37)21-6-4-5-19(13-21)17(2)33/h4-10,13H,11-12,14-15H2,1-3H3,(H,29,35). The molecule has 1 N–H and O–H groups in total. The number of nitrogens with one attached hydrogen (secondary N) is 1. The molecule has 0 saturated carbocycles. The molecule has 1 aliphatic heterocycles. The third-order valence-corrected chi connectivity index (χ3v) is 7.96. The van der Waals surface area contributed by atoms with E-state index in [4.69, 9.17) is 0 Å². The molecule has 194 valence electrons. The van der Waals surface area contributed by atoms with E-state index < -0.39 is 17.2 Å². The topological polar surface area (TPSA) is 110 Å². The minimum absolute atomic E-state index is 0.0681. The number of carbonyl (C=O) groups is 3. The lowest BCUT2D eigenvalue weighted by molar-refractivity contribution is -0.129. The van der Waals surface area contributed by atoms with Gasteiger partial charge in [-0.1, -0.05) is 29.8 Å². The second kappa shape index (κ2) is 9.86. The van der Waals surface area contributed by atoms with Crippen molar-refractivity contribution < 1.29 is 14.4 Å². The summed E-state index contributed by atoms with van der Waals surface area (Å²) in [5.74, 6) is -0.686. The summed E-state index contributed by atoms with van der Waals surface area (Å²) in [6.07, 6.45) is 0.464. The lowest BCUT2D eigenvalue weighted by atomic mass is 10.1. The Labute approximate surface area is 221 Å². The Hall–Kier alpha value is -4.31. The summed E-state index contributed by atoms with van der Waals surface area (Å²) in [6, 6.07) is 13.6. The molecule has 0 bridgehead atoms. The molecule has 0 saturated heterocycles. The molecular weight excluding hydrogens is 504 g/mol. The van der Waals surface area contributed by atoms with E-state index in [9.17, 15) is 24.0 Å². The molecule has 0 spiro atoms. The van der Waals surface area contributed by atoms with E-state index in [-0.39, 0.29) is 23.9 Å². The average molecular weight is 531 g/mol. The highest BCUT2D eigenvalue weighted by atomic mass is 32.1. The van der Waals surface area contributed by atoms with Crippen molar-refractivity contribution in [3.05, 3.63) is 90.9 Å². The molecule has 2 aromatic heterocycles. The van der Waals surface area contributed by atoms with Crippen LogP contribution in [0.4, 0.5) is 5.69 Å². The van der Waals surface area contributed by atoms with Crippen molar-refractivity contribution >= 4 is 44.8 Å². The van der Waals surface area contributed by atoms with E-state index in [0.29, 0.717) is 41.0 Å². The number of hydrogen-bond acceptors (Lipinski definition) is 6. The summed E-state index contributed by atoms with van der Waals surface area (Å²) in [5.41, 5.74) is 1.86. The van der Waals surface area contributed by atoms with E-state index in [0.717, 1.165) is 20.6 Å². The molecule has 0 aliphatic carbocycles. The Balaban J connectivity index is 1.69. The Morgan fingerprint density at radius 3 is 2.45 bits per heavy atom. The highest BCUT2D eigenvalue weighted by Gasteiger charge is 2.28. The van der Waals surface area contributed by atoms with Crippen LogP contribution in [0.1, 0.15) is 40.2 Å². The maximum atomic E-state index is 13.8. The SMILES string of the molecule is CC(=O)c1cccc(-n2c(=O)c3c4c(sc3n(CC(=O)Nc3ccc(C)cc3)c2=O)CN(C(C)=O)CC4)c1. The zero-order chi connectivity index (χ0) is 27.1. The monoisotopic (exact) mass is 530 g/mol. The van der Waals surface area contributed by atoms with E-state index in [1.807, 2.05) is 19.1 Å². The number of aromatic nitrogens is 2. The van der Waals surface area contributed by atoms with Crippen molar-refractivity contribution in [2.24, 2.45) is 0 Å². The van der Waals surface area contributed by atoms with Gasteiger partial charge in [-0.15, -0.1) is 11.3 Å².